The fraction of sp³-hybridized carbons (Fsp3) is 0.222. The largest absolute Gasteiger partial charge is 0.268 e. The third kappa shape index (κ3) is 2.93. The Balaban J connectivity index is 2.17. The lowest BCUT2D eigenvalue weighted by Gasteiger charge is -2.15. The molecule has 0 aliphatic carbocycles. The molecule has 1 unspecified atom stereocenters. The van der Waals surface area contributed by atoms with E-state index in [0.29, 0.717) is 23.4 Å². The monoisotopic (exact) mass is 327 g/mol. The van der Waals surface area contributed by atoms with E-state index in [4.69, 9.17) is 16.9 Å². The van der Waals surface area contributed by atoms with Crippen molar-refractivity contribution in [1.82, 2.24) is 9.78 Å². The number of aromatic nitrogens is 2. The van der Waals surface area contributed by atoms with Gasteiger partial charge in [0.05, 0.1) is 17.3 Å². The highest BCUT2D eigenvalue weighted by molar-refractivity contribution is 6.30. The number of nitriles is 1. The molecule has 0 aliphatic heterocycles. The van der Waals surface area contributed by atoms with E-state index < -0.39 is 0 Å². The number of halogens is 2. The first kappa shape index (κ1) is 15.5. The molecule has 1 heterocycles. The molecule has 1 aromatic heterocycles. The molecule has 0 aliphatic rings. The molecule has 3 rings (SSSR count). The van der Waals surface area contributed by atoms with Gasteiger partial charge in [-0.05, 0) is 30.2 Å². The summed E-state index contributed by atoms with van der Waals surface area (Å²) in [6, 6.07) is 14.6. The maximum Gasteiger partial charge on any atom is 0.128 e. The van der Waals surface area contributed by atoms with Gasteiger partial charge in [-0.1, -0.05) is 35.9 Å². The van der Waals surface area contributed by atoms with Crippen molar-refractivity contribution in [2.45, 2.75) is 18.8 Å². The number of para-hydroxylation sites is 1. The standard InChI is InChI=1S/C18H15ClFN3/c1-23-17-7-3-2-5-15(17)18(22-23)14(6-4-10-21)13-9-8-12(19)11-16(13)20/h2-3,5,7-9,11,14H,4,6H2,1H3. The maximum atomic E-state index is 14.4. The minimum atomic E-state index is -0.366. The summed E-state index contributed by atoms with van der Waals surface area (Å²) in [4.78, 5) is 0. The Labute approximate surface area is 138 Å². The number of hydrogen-bond donors (Lipinski definition) is 0. The Kier molecular flexibility index (Phi) is 4.31. The summed E-state index contributed by atoms with van der Waals surface area (Å²) in [5.74, 6) is -0.645. The van der Waals surface area contributed by atoms with Gasteiger partial charge >= 0.3 is 0 Å². The molecule has 0 bridgehead atoms. The van der Waals surface area contributed by atoms with Gasteiger partial charge in [-0.15, -0.1) is 0 Å². The van der Waals surface area contributed by atoms with Crippen molar-refractivity contribution in [3.05, 3.63) is 64.6 Å². The smallest absolute Gasteiger partial charge is 0.128 e. The molecule has 0 N–H and O–H groups in total. The Hall–Kier alpha value is -2.38. The Morgan fingerprint density at radius 2 is 2.09 bits per heavy atom. The molecule has 0 spiro atoms. The summed E-state index contributed by atoms with van der Waals surface area (Å²) in [5.41, 5.74) is 2.30. The van der Waals surface area contributed by atoms with Crippen molar-refractivity contribution in [1.29, 1.82) is 5.26 Å². The minimum absolute atomic E-state index is 0.280. The van der Waals surface area contributed by atoms with Gasteiger partial charge in [0.1, 0.15) is 5.82 Å². The Bertz CT molecular complexity index is 895. The van der Waals surface area contributed by atoms with Crippen LogP contribution in [-0.2, 0) is 7.05 Å². The zero-order valence-corrected chi connectivity index (χ0v) is 13.4. The van der Waals surface area contributed by atoms with Gasteiger partial charge in [-0.2, -0.15) is 10.4 Å². The summed E-state index contributed by atoms with van der Waals surface area (Å²) >= 11 is 5.86. The molecule has 1 atom stereocenters. The highest BCUT2D eigenvalue weighted by Crippen LogP contribution is 2.35. The van der Waals surface area contributed by atoms with Crippen molar-refractivity contribution in [2.24, 2.45) is 7.05 Å². The Morgan fingerprint density at radius 1 is 1.30 bits per heavy atom. The molecule has 2 aromatic carbocycles. The van der Waals surface area contributed by atoms with E-state index in [9.17, 15) is 4.39 Å². The van der Waals surface area contributed by atoms with Gasteiger partial charge in [0, 0.05) is 29.8 Å². The molecule has 0 saturated heterocycles. The minimum Gasteiger partial charge on any atom is -0.268 e. The van der Waals surface area contributed by atoms with Crippen LogP contribution in [0.3, 0.4) is 0 Å². The molecule has 116 valence electrons. The normalized spacial score (nSPS) is 12.3. The van der Waals surface area contributed by atoms with Crippen molar-refractivity contribution in [3.8, 4) is 6.07 Å². The summed E-state index contributed by atoms with van der Waals surface area (Å²) in [6.07, 6.45) is 0.841. The van der Waals surface area contributed by atoms with Crippen molar-refractivity contribution < 1.29 is 4.39 Å². The summed E-state index contributed by atoms with van der Waals surface area (Å²) in [7, 11) is 1.87. The highest BCUT2D eigenvalue weighted by atomic mass is 35.5. The number of aryl methyl sites for hydroxylation is 1. The number of fused-ring (bicyclic) bond motifs is 1. The lowest BCUT2D eigenvalue weighted by molar-refractivity contribution is 0.580. The zero-order chi connectivity index (χ0) is 16.4. The third-order valence-electron chi connectivity index (χ3n) is 4.00. The van der Waals surface area contributed by atoms with Crippen LogP contribution in [0.25, 0.3) is 10.9 Å². The van der Waals surface area contributed by atoms with Crippen LogP contribution in [0.15, 0.2) is 42.5 Å². The van der Waals surface area contributed by atoms with Gasteiger partial charge in [-0.3, -0.25) is 4.68 Å². The molecule has 3 nitrogen and oxygen atoms in total. The van der Waals surface area contributed by atoms with Gasteiger partial charge in [0.2, 0.25) is 0 Å². The predicted octanol–water partition coefficient (Wildman–Crippen LogP) is 4.80. The van der Waals surface area contributed by atoms with Crippen molar-refractivity contribution in [2.75, 3.05) is 0 Å². The number of hydrogen-bond acceptors (Lipinski definition) is 2. The number of nitrogens with zero attached hydrogens (tertiary/aromatic N) is 3. The van der Waals surface area contributed by atoms with Crippen LogP contribution in [0.4, 0.5) is 4.39 Å². The van der Waals surface area contributed by atoms with Crippen molar-refractivity contribution in [3.63, 3.8) is 0 Å². The second kappa shape index (κ2) is 6.39. The van der Waals surface area contributed by atoms with Crippen molar-refractivity contribution >= 4 is 22.5 Å². The van der Waals surface area contributed by atoms with E-state index in [-0.39, 0.29) is 11.7 Å². The lowest BCUT2D eigenvalue weighted by atomic mass is 9.89. The predicted molar refractivity (Wildman–Crippen MR) is 88.8 cm³/mol. The number of benzene rings is 2. The van der Waals surface area contributed by atoms with Crippen LogP contribution in [0.5, 0.6) is 0 Å². The fourth-order valence-electron chi connectivity index (χ4n) is 2.93. The third-order valence-corrected chi connectivity index (χ3v) is 4.23. The average molecular weight is 328 g/mol. The summed E-state index contributed by atoms with van der Waals surface area (Å²) in [5, 5.41) is 14.9. The second-order valence-corrected chi connectivity index (χ2v) is 5.88. The van der Waals surface area contributed by atoms with Crippen LogP contribution in [0, 0.1) is 17.1 Å². The van der Waals surface area contributed by atoms with E-state index in [1.165, 1.54) is 6.07 Å². The average Bonchev–Trinajstić information content (AvgIpc) is 2.87. The summed E-state index contributed by atoms with van der Waals surface area (Å²) < 4.78 is 16.2. The van der Waals surface area contributed by atoms with Gasteiger partial charge < -0.3 is 0 Å². The van der Waals surface area contributed by atoms with Crippen LogP contribution >= 0.6 is 11.6 Å². The molecule has 23 heavy (non-hydrogen) atoms. The Morgan fingerprint density at radius 3 is 2.83 bits per heavy atom. The van der Waals surface area contributed by atoms with E-state index in [1.807, 2.05) is 31.3 Å². The van der Waals surface area contributed by atoms with Crippen LogP contribution < -0.4 is 0 Å². The molecule has 3 aromatic rings. The lowest BCUT2D eigenvalue weighted by Crippen LogP contribution is -2.06. The van der Waals surface area contributed by atoms with Gasteiger partial charge in [-0.25, -0.2) is 4.39 Å². The first-order chi connectivity index (χ1) is 11.1. The van der Waals surface area contributed by atoms with Gasteiger partial charge in [0.25, 0.3) is 0 Å². The quantitative estimate of drug-likeness (QED) is 0.690. The number of rotatable bonds is 4. The van der Waals surface area contributed by atoms with E-state index in [2.05, 4.69) is 11.2 Å². The molecule has 5 heteroatoms. The maximum absolute atomic E-state index is 14.4. The van der Waals surface area contributed by atoms with Crippen LogP contribution in [0.1, 0.15) is 30.0 Å². The molecule has 0 amide bonds. The fourth-order valence-corrected chi connectivity index (χ4v) is 3.09. The van der Waals surface area contributed by atoms with Crippen LogP contribution in [-0.4, -0.2) is 9.78 Å². The molecular formula is C18H15ClFN3. The second-order valence-electron chi connectivity index (χ2n) is 5.44. The van der Waals surface area contributed by atoms with E-state index in [0.717, 1.165) is 16.6 Å². The molecule has 0 radical (unpaired) electrons. The first-order valence-corrected chi connectivity index (χ1v) is 7.73. The van der Waals surface area contributed by atoms with Crippen LogP contribution in [0.2, 0.25) is 5.02 Å². The zero-order valence-electron chi connectivity index (χ0n) is 12.6. The molecule has 0 saturated carbocycles. The topological polar surface area (TPSA) is 41.6 Å². The van der Waals surface area contributed by atoms with E-state index >= 15 is 0 Å². The van der Waals surface area contributed by atoms with Gasteiger partial charge in [0.15, 0.2) is 0 Å². The molecule has 0 fully saturated rings. The molecular weight excluding hydrogens is 313 g/mol. The van der Waals surface area contributed by atoms with E-state index in [1.54, 1.807) is 16.8 Å². The SMILES string of the molecule is Cn1nc(C(CCC#N)c2ccc(Cl)cc2F)c2ccccc21. The highest BCUT2D eigenvalue weighted by Gasteiger charge is 2.23. The first-order valence-electron chi connectivity index (χ1n) is 7.35. The summed E-state index contributed by atoms with van der Waals surface area (Å²) in [6.45, 7) is 0.